The number of hydrogen-bond acceptors (Lipinski definition) is 5. The predicted molar refractivity (Wildman–Crippen MR) is 261 cm³/mol. The lowest BCUT2D eigenvalue weighted by atomic mass is 9.67. The van der Waals surface area contributed by atoms with Gasteiger partial charge in [0, 0.05) is 48.2 Å². The van der Waals surface area contributed by atoms with Crippen molar-refractivity contribution >= 4 is 33.4 Å². The van der Waals surface area contributed by atoms with Gasteiger partial charge in [0.05, 0.1) is 16.6 Å². The average Bonchev–Trinajstić information content (AvgIpc) is 3.67. The topological polar surface area (TPSA) is 51.6 Å². The Morgan fingerprint density at radius 2 is 0.844 bits per heavy atom. The Balaban J connectivity index is 1.02. The summed E-state index contributed by atoms with van der Waals surface area (Å²) in [6.45, 7) is 0. The van der Waals surface area contributed by atoms with E-state index in [2.05, 4.69) is 182 Å². The van der Waals surface area contributed by atoms with Crippen molar-refractivity contribution in [2.45, 2.75) is 15.2 Å². The second-order valence-electron chi connectivity index (χ2n) is 16.5. The molecule has 0 atom stereocenters. The average molecular weight is 833 g/mol. The van der Waals surface area contributed by atoms with E-state index in [1.807, 2.05) is 48.2 Å². The third-order valence-electron chi connectivity index (χ3n) is 13.0. The highest BCUT2D eigenvalue weighted by molar-refractivity contribution is 7.99. The fourth-order valence-electron chi connectivity index (χ4n) is 10.2. The molecule has 11 aromatic rings. The minimum Gasteiger partial charge on any atom is -0.247 e. The van der Waals surface area contributed by atoms with Gasteiger partial charge in [0.25, 0.3) is 0 Å². The normalized spacial score (nSPS) is 13.1. The molecule has 9 aromatic carbocycles. The highest BCUT2D eigenvalue weighted by atomic mass is 32.2. The van der Waals surface area contributed by atoms with Gasteiger partial charge in [-0.1, -0.05) is 206 Å². The summed E-state index contributed by atoms with van der Waals surface area (Å²) in [6.07, 6.45) is 0. The highest BCUT2D eigenvalue weighted by Crippen LogP contribution is 2.63. The minimum atomic E-state index is -0.474. The summed E-state index contributed by atoms with van der Waals surface area (Å²) in [5.74, 6) is 1.85. The van der Waals surface area contributed by atoms with E-state index >= 15 is 0 Å². The fraction of sp³-hybridized carbons (Fsp3) is 0.0169. The molecule has 0 unspecified atom stereocenters. The van der Waals surface area contributed by atoms with E-state index in [4.69, 9.17) is 19.9 Å². The van der Waals surface area contributed by atoms with Crippen LogP contribution in [0.5, 0.6) is 0 Å². The van der Waals surface area contributed by atoms with Crippen LogP contribution in [0.25, 0.3) is 89.4 Å². The molecule has 4 nitrogen and oxygen atoms in total. The van der Waals surface area contributed by atoms with E-state index in [0.29, 0.717) is 17.5 Å². The van der Waals surface area contributed by atoms with Gasteiger partial charge in [0.15, 0.2) is 17.5 Å². The molecule has 64 heavy (non-hydrogen) atoms. The first-order valence-electron chi connectivity index (χ1n) is 21.6. The zero-order valence-electron chi connectivity index (χ0n) is 34.5. The summed E-state index contributed by atoms with van der Waals surface area (Å²) in [6, 6.07) is 77.9. The molecule has 0 saturated carbocycles. The van der Waals surface area contributed by atoms with Crippen molar-refractivity contribution in [3.63, 3.8) is 0 Å². The van der Waals surface area contributed by atoms with Gasteiger partial charge < -0.3 is 0 Å². The van der Waals surface area contributed by atoms with Crippen LogP contribution in [0.15, 0.2) is 228 Å². The van der Waals surface area contributed by atoms with Gasteiger partial charge in [-0.2, -0.15) is 0 Å². The van der Waals surface area contributed by atoms with Crippen LogP contribution in [0, 0.1) is 0 Å². The number of rotatable bonds is 5. The third kappa shape index (κ3) is 5.57. The summed E-state index contributed by atoms with van der Waals surface area (Å²) < 4.78 is 0. The second kappa shape index (κ2) is 14.6. The van der Waals surface area contributed by atoms with Gasteiger partial charge in [-0.3, -0.25) is 0 Å². The Morgan fingerprint density at radius 3 is 1.56 bits per heavy atom. The van der Waals surface area contributed by atoms with Crippen molar-refractivity contribution in [3.8, 4) is 67.7 Å². The Hall–Kier alpha value is -7.99. The van der Waals surface area contributed by atoms with Gasteiger partial charge in [0.2, 0.25) is 0 Å². The summed E-state index contributed by atoms with van der Waals surface area (Å²) in [5, 5.41) is 3.46. The third-order valence-corrected chi connectivity index (χ3v) is 14.1. The molecule has 1 spiro atoms. The quantitative estimate of drug-likeness (QED) is 0.162. The molecular weight excluding hydrogens is 797 g/mol. The number of para-hydroxylation sites is 1. The maximum Gasteiger partial charge on any atom is 0.164 e. The lowest BCUT2D eigenvalue weighted by Gasteiger charge is -2.39. The lowest BCUT2D eigenvalue weighted by Crippen LogP contribution is -2.31. The predicted octanol–water partition coefficient (Wildman–Crippen LogP) is 14.7. The molecule has 3 heterocycles. The van der Waals surface area contributed by atoms with Crippen molar-refractivity contribution in [3.05, 3.63) is 241 Å². The molecule has 2 aliphatic rings. The number of aromatic nitrogens is 4. The summed E-state index contributed by atoms with van der Waals surface area (Å²) in [4.78, 5) is 23.4. The van der Waals surface area contributed by atoms with Crippen LogP contribution in [-0.2, 0) is 5.41 Å². The van der Waals surface area contributed by atoms with Crippen LogP contribution in [0.3, 0.4) is 0 Å². The van der Waals surface area contributed by atoms with Gasteiger partial charge in [0.1, 0.15) is 0 Å². The first kappa shape index (κ1) is 36.6. The number of fused-ring (bicyclic) bond motifs is 13. The number of benzene rings is 9. The van der Waals surface area contributed by atoms with Crippen LogP contribution < -0.4 is 0 Å². The van der Waals surface area contributed by atoms with Crippen LogP contribution >= 0.6 is 11.8 Å². The summed E-state index contributed by atoms with van der Waals surface area (Å²) in [7, 11) is 0. The molecule has 13 rings (SSSR count). The molecular formula is C59H36N4S. The van der Waals surface area contributed by atoms with Crippen LogP contribution in [-0.4, -0.2) is 19.9 Å². The molecule has 5 heteroatoms. The molecule has 0 radical (unpaired) electrons. The van der Waals surface area contributed by atoms with Crippen molar-refractivity contribution in [1.29, 1.82) is 0 Å². The largest absolute Gasteiger partial charge is 0.247 e. The lowest BCUT2D eigenvalue weighted by molar-refractivity contribution is 0.723. The summed E-state index contributed by atoms with van der Waals surface area (Å²) >= 11 is 1.87. The number of nitrogens with zero attached hydrogens (tertiary/aromatic N) is 4. The van der Waals surface area contributed by atoms with Gasteiger partial charge in [-0.05, 0) is 68.8 Å². The molecule has 0 bridgehead atoms. The smallest absolute Gasteiger partial charge is 0.164 e. The zero-order valence-corrected chi connectivity index (χ0v) is 35.3. The first-order chi connectivity index (χ1) is 31.7. The van der Waals surface area contributed by atoms with E-state index in [0.717, 1.165) is 49.8 Å². The molecule has 298 valence electrons. The van der Waals surface area contributed by atoms with Crippen molar-refractivity contribution in [2.75, 3.05) is 0 Å². The van der Waals surface area contributed by atoms with E-state index in [1.54, 1.807) is 0 Å². The summed E-state index contributed by atoms with van der Waals surface area (Å²) in [5.41, 5.74) is 15.3. The fourth-order valence-corrected chi connectivity index (χ4v) is 11.4. The van der Waals surface area contributed by atoms with E-state index in [9.17, 15) is 0 Å². The van der Waals surface area contributed by atoms with E-state index < -0.39 is 5.41 Å². The standard InChI is InChI=1S/C59H36N4S/c1-3-16-37(17-4-1)38-30-32-40(33-31-38)57-61-56(39-18-5-2-6-19-39)62-58(63-57)42-21-15-20-41(36-42)55-45-34-35-49-54(53(45)44-23-8-12-27-50(44)60-55)43-22-7-9-24-46(43)59(49)47-25-10-13-28-51(47)64-52-29-14-11-26-48(52)59/h1-36H. The van der Waals surface area contributed by atoms with E-state index in [-0.39, 0.29) is 0 Å². The van der Waals surface area contributed by atoms with Gasteiger partial charge in [-0.25, -0.2) is 19.9 Å². The maximum atomic E-state index is 5.47. The molecule has 0 amide bonds. The van der Waals surface area contributed by atoms with Crippen LogP contribution in [0.1, 0.15) is 22.3 Å². The second-order valence-corrected chi connectivity index (χ2v) is 17.6. The van der Waals surface area contributed by atoms with Gasteiger partial charge in [-0.15, -0.1) is 0 Å². The van der Waals surface area contributed by atoms with Crippen molar-refractivity contribution < 1.29 is 0 Å². The van der Waals surface area contributed by atoms with Crippen molar-refractivity contribution in [1.82, 2.24) is 19.9 Å². The Kier molecular flexibility index (Phi) is 8.33. The zero-order chi connectivity index (χ0) is 42.2. The van der Waals surface area contributed by atoms with E-state index in [1.165, 1.54) is 54.1 Å². The maximum absolute atomic E-state index is 5.47. The molecule has 2 aromatic heterocycles. The molecule has 0 saturated heterocycles. The van der Waals surface area contributed by atoms with Crippen LogP contribution in [0.2, 0.25) is 0 Å². The molecule has 1 aliphatic heterocycles. The first-order valence-corrected chi connectivity index (χ1v) is 22.4. The van der Waals surface area contributed by atoms with Gasteiger partial charge >= 0.3 is 0 Å². The number of pyridine rings is 1. The monoisotopic (exact) mass is 832 g/mol. The Morgan fingerprint density at radius 1 is 0.328 bits per heavy atom. The molecule has 0 N–H and O–H groups in total. The Labute approximate surface area is 375 Å². The molecule has 1 aliphatic carbocycles. The SMILES string of the molecule is c1ccc(-c2ccc(-c3nc(-c4ccccc4)nc(-c4cccc(-c5nc6ccccc6c6c7c(ccc56)C5(c6ccccc6Sc6ccccc65)c5ccccc5-7)c4)n3)cc2)cc1. The molecule has 0 fully saturated rings. The van der Waals surface area contributed by atoms with Crippen molar-refractivity contribution in [2.24, 2.45) is 0 Å². The number of hydrogen-bond donors (Lipinski definition) is 0. The highest BCUT2D eigenvalue weighted by Gasteiger charge is 2.50. The van der Waals surface area contributed by atoms with Crippen LogP contribution in [0.4, 0.5) is 0 Å². The Bertz CT molecular complexity index is 3600. The minimum absolute atomic E-state index is 0.474.